The maximum Gasteiger partial charge on any atom is 0.387 e. The number of alkyl halides is 2. The second-order valence-corrected chi connectivity index (χ2v) is 5.89. The van der Waals surface area contributed by atoms with E-state index in [2.05, 4.69) is 4.74 Å². The molecule has 0 atom stereocenters. The van der Waals surface area contributed by atoms with Gasteiger partial charge in [-0.05, 0) is 42.2 Å². The lowest BCUT2D eigenvalue weighted by molar-refractivity contribution is -0.0512. The zero-order valence-corrected chi connectivity index (χ0v) is 15.3. The van der Waals surface area contributed by atoms with Crippen LogP contribution < -0.4 is 14.2 Å². The van der Waals surface area contributed by atoms with Crippen LogP contribution in [0.25, 0.3) is 0 Å². The molecule has 0 aromatic heterocycles. The number of hydrogen-bond donors (Lipinski definition) is 0. The Labute approximate surface area is 154 Å². The molecule has 0 heterocycles. The number of methoxy groups -OCH3 is 2. The summed E-state index contributed by atoms with van der Waals surface area (Å²) in [6.45, 7) is -3.01. The predicted octanol–water partition coefficient (Wildman–Crippen LogP) is 4.38. The summed E-state index contributed by atoms with van der Waals surface area (Å²) in [5, 5.41) is 0. The Morgan fingerprint density at radius 3 is 2.38 bits per heavy atom. The van der Waals surface area contributed by atoms with Crippen LogP contribution in [0.1, 0.15) is 15.9 Å². The molecule has 2 aromatic carbocycles. The van der Waals surface area contributed by atoms with Crippen molar-refractivity contribution in [1.82, 2.24) is 0 Å². The molecule has 140 valence electrons. The SMILES string of the molecule is COc1cc(COC(=O)c2ccc(SC)cc2OC)ccc1OC(F)F. The van der Waals surface area contributed by atoms with E-state index < -0.39 is 12.6 Å². The van der Waals surface area contributed by atoms with Crippen LogP contribution in [0.2, 0.25) is 0 Å². The van der Waals surface area contributed by atoms with Gasteiger partial charge in [-0.3, -0.25) is 0 Å². The Bertz CT molecular complexity index is 767. The quantitative estimate of drug-likeness (QED) is 0.497. The van der Waals surface area contributed by atoms with E-state index >= 15 is 0 Å². The van der Waals surface area contributed by atoms with Crippen molar-refractivity contribution >= 4 is 17.7 Å². The fraction of sp³-hybridized carbons (Fsp3) is 0.278. The number of benzene rings is 2. The van der Waals surface area contributed by atoms with Crippen LogP contribution in [0, 0.1) is 0 Å². The summed E-state index contributed by atoms with van der Waals surface area (Å²) in [5.41, 5.74) is 0.867. The Hall–Kier alpha value is -2.48. The minimum atomic E-state index is -2.95. The van der Waals surface area contributed by atoms with Gasteiger partial charge in [0.05, 0.1) is 14.2 Å². The first-order valence-corrected chi connectivity index (χ1v) is 8.71. The van der Waals surface area contributed by atoms with Gasteiger partial charge in [0.1, 0.15) is 17.9 Å². The summed E-state index contributed by atoms with van der Waals surface area (Å²) >= 11 is 1.53. The van der Waals surface area contributed by atoms with Gasteiger partial charge in [-0.2, -0.15) is 8.78 Å². The molecule has 0 aliphatic heterocycles. The number of halogens is 2. The first kappa shape index (κ1) is 19.8. The number of carbonyl (C=O) groups is 1. The van der Waals surface area contributed by atoms with Gasteiger partial charge in [0.25, 0.3) is 0 Å². The van der Waals surface area contributed by atoms with Crippen LogP contribution in [0.5, 0.6) is 17.2 Å². The summed E-state index contributed by atoms with van der Waals surface area (Å²) < 4.78 is 44.6. The highest BCUT2D eigenvalue weighted by molar-refractivity contribution is 7.98. The molecule has 26 heavy (non-hydrogen) atoms. The van der Waals surface area contributed by atoms with Crippen LogP contribution in [-0.2, 0) is 11.3 Å². The second-order valence-electron chi connectivity index (χ2n) is 5.01. The van der Waals surface area contributed by atoms with E-state index in [1.165, 1.54) is 44.2 Å². The molecule has 5 nitrogen and oxygen atoms in total. The number of carbonyl (C=O) groups excluding carboxylic acids is 1. The number of rotatable bonds is 8. The normalized spacial score (nSPS) is 10.5. The molecule has 0 fully saturated rings. The van der Waals surface area contributed by atoms with Crippen molar-refractivity contribution in [3.8, 4) is 17.2 Å². The first-order valence-electron chi connectivity index (χ1n) is 7.49. The van der Waals surface area contributed by atoms with E-state index in [-0.39, 0.29) is 18.1 Å². The zero-order chi connectivity index (χ0) is 19.1. The van der Waals surface area contributed by atoms with Gasteiger partial charge in [-0.25, -0.2) is 4.79 Å². The van der Waals surface area contributed by atoms with Gasteiger partial charge in [0.15, 0.2) is 11.5 Å². The zero-order valence-electron chi connectivity index (χ0n) is 14.5. The van der Waals surface area contributed by atoms with Gasteiger partial charge in [-0.15, -0.1) is 11.8 Å². The fourth-order valence-electron chi connectivity index (χ4n) is 2.19. The summed E-state index contributed by atoms with van der Waals surface area (Å²) in [6, 6.07) is 9.50. The van der Waals surface area contributed by atoms with Crippen LogP contribution in [0.4, 0.5) is 8.78 Å². The number of ether oxygens (including phenoxy) is 4. The van der Waals surface area contributed by atoms with Crippen molar-refractivity contribution in [2.45, 2.75) is 18.1 Å². The lowest BCUT2D eigenvalue weighted by atomic mass is 10.2. The molecular weight excluding hydrogens is 366 g/mol. The van der Waals surface area contributed by atoms with E-state index in [0.29, 0.717) is 16.9 Å². The molecule has 0 amide bonds. The van der Waals surface area contributed by atoms with Crippen molar-refractivity contribution in [2.75, 3.05) is 20.5 Å². The number of hydrogen-bond acceptors (Lipinski definition) is 6. The van der Waals surface area contributed by atoms with Gasteiger partial charge in [0.2, 0.25) is 0 Å². The Morgan fingerprint density at radius 2 is 1.77 bits per heavy atom. The fourth-order valence-corrected chi connectivity index (χ4v) is 2.62. The van der Waals surface area contributed by atoms with Gasteiger partial charge >= 0.3 is 12.6 Å². The van der Waals surface area contributed by atoms with Crippen molar-refractivity contribution in [3.05, 3.63) is 47.5 Å². The van der Waals surface area contributed by atoms with Crippen LogP contribution >= 0.6 is 11.8 Å². The maximum atomic E-state index is 12.3. The third kappa shape index (κ3) is 5.01. The van der Waals surface area contributed by atoms with Crippen molar-refractivity contribution < 1.29 is 32.5 Å². The lowest BCUT2D eigenvalue weighted by Gasteiger charge is -2.12. The van der Waals surface area contributed by atoms with Crippen LogP contribution in [-0.4, -0.2) is 33.1 Å². The Balaban J connectivity index is 2.10. The highest BCUT2D eigenvalue weighted by Gasteiger charge is 2.16. The number of esters is 1. The van der Waals surface area contributed by atoms with E-state index in [9.17, 15) is 13.6 Å². The maximum absolute atomic E-state index is 12.3. The molecule has 0 saturated heterocycles. The topological polar surface area (TPSA) is 54.0 Å². The average molecular weight is 384 g/mol. The molecular formula is C18H18F2O5S. The standard InChI is InChI=1S/C18H18F2O5S/c1-22-15-9-12(26-3)5-6-13(15)17(21)24-10-11-4-7-14(25-18(19)20)16(8-11)23-2/h4-9,18H,10H2,1-3H3. The molecule has 0 spiro atoms. The van der Waals surface area contributed by atoms with Crippen LogP contribution in [0.3, 0.4) is 0 Å². The second kappa shape index (κ2) is 9.28. The molecule has 0 unspecified atom stereocenters. The summed E-state index contributed by atoms with van der Waals surface area (Å²) in [4.78, 5) is 13.3. The van der Waals surface area contributed by atoms with Crippen molar-refractivity contribution in [2.24, 2.45) is 0 Å². The first-order chi connectivity index (χ1) is 12.5. The predicted molar refractivity (Wildman–Crippen MR) is 93.5 cm³/mol. The molecule has 0 aliphatic rings. The highest BCUT2D eigenvalue weighted by Crippen LogP contribution is 2.30. The summed E-state index contributed by atoms with van der Waals surface area (Å²) in [5.74, 6) is -0.103. The van der Waals surface area contributed by atoms with E-state index in [4.69, 9.17) is 14.2 Å². The van der Waals surface area contributed by atoms with E-state index in [1.54, 1.807) is 18.2 Å². The molecule has 0 aliphatic carbocycles. The molecule has 0 N–H and O–H groups in total. The lowest BCUT2D eigenvalue weighted by Crippen LogP contribution is -2.08. The van der Waals surface area contributed by atoms with Gasteiger partial charge in [-0.1, -0.05) is 6.07 Å². The largest absolute Gasteiger partial charge is 0.496 e. The monoisotopic (exact) mass is 384 g/mol. The van der Waals surface area contributed by atoms with E-state index in [0.717, 1.165) is 4.90 Å². The number of thioether (sulfide) groups is 1. The van der Waals surface area contributed by atoms with Crippen molar-refractivity contribution in [3.63, 3.8) is 0 Å². The third-order valence-corrected chi connectivity index (χ3v) is 4.17. The molecule has 0 saturated carbocycles. The molecule has 0 radical (unpaired) electrons. The third-order valence-electron chi connectivity index (χ3n) is 3.44. The van der Waals surface area contributed by atoms with E-state index in [1.807, 2.05) is 6.26 Å². The summed E-state index contributed by atoms with van der Waals surface area (Å²) in [6.07, 6.45) is 1.92. The smallest absolute Gasteiger partial charge is 0.387 e. The van der Waals surface area contributed by atoms with Crippen LogP contribution in [0.15, 0.2) is 41.3 Å². The van der Waals surface area contributed by atoms with Gasteiger partial charge < -0.3 is 18.9 Å². The summed E-state index contributed by atoms with van der Waals surface area (Å²) in [7, 11) is 2.81. The minimum absolute atomic E-state index is 0.0580. The molecule has 2 aromatic rings. The average Bonchev–Trinajstić information content (AvgIpc) is 2.65. The van der Waals surface area contributed by atoms with Crippen molar-refractivity contribution in [1.29, 1.82) is 0 Å². The minimum Gasteiger partial charge on any atom is -0.496 e. The molecule has 2 rings (SSSR count). The Kier molecular flexibility index (Phi) is 7.08. The molecule has 8 heteroatoms. The Morgan fingerprint density at radius 1 is 1.04 bits per heavy atom. The highest BCUT2D eigenvalue weighted by atomic mass is 32.2. The van der Waals surface area contributed by atoms with Gasteiger partial charge in [0, 0.05) is 4.90 Å². The molecule has 0 bridgehead atoms.